The van der Waals surface area contributed by atoms with Gasteiger partial charge in [0, 0.05) is 25.6 Å². The standard InChI is InChI=1S/C24H33NO4/c1-23-8-5-9-24(16-28-24)21(23)12-18-19(22(27)29-20(18)13-23)15-25(10-11-26)14-17-6-3-2-4-7-17/h2-4,6-7,18-21,26H,5,8-16H2,1H3/t18-,19?,20-,21?,23-,24?/m1/s1. The highest BCUT2D eigenvalue weighted by molar-refractivity contribution is 5.75. The number of carbonyl (C=O) groups is 1. The zero-order chi connectivity index (χ0) is 20.1. The topological polar surface area (TPSA) is 62.3 Å². The van der Waals surface area contributed by atoms with Crippen molar-refractivity contribution in [1.29, 1.82) is 0 Å². The van der Waals surface area contributed by atoms with E-state index in [2.05, 4.69) is 24.0 Å². The van der Waals surface area contributed by atoms with E-state index in [9.17, 15) is 9.90 Å². The van der Waals surface area contributed by atoms with E-state index in [-0.39, 0.29) is 41.5 Å². The number of benzene rings is 1. The Labute approximate surface area is 173 Å². The van der Waals surface area contributed by atoms with Crippen molar-refractivity contribution in [2.75, 3.05) is 26.3 Å². The molecule has 2 aliphatic heterocycles. The SMILES string of the molecule is C[C@]12CCCC3(CO3)C1C[C@@H]1C(CN(CCO)Cc3ccccc3)C(=O)O[C@@H]1C2. The van der Waals surface area contributed by atoms with Crippen LogP contribution in [0.3, 0.4) is 0 Å². The van der Waals surface area contributed by atoms with E-state index in [4.69, 9.17) is 9.47 Å². The summed E-state index contributed by atoms with van der Waals surface area (Å²) in [5.41, 5.74) is 1.53. The Balaban J connectivity index is 1.33. The van der Waals surface area contributed by atoms with Gasteiger partial charge in [0.2, 0.25) is 0 Å². The fourth-order valence-corrected chi connectivity index (χ4v) is 6.66. The van der Waals surface area contributed by atoms with E-state index in [0.29, 0.717) is 19.0 Å². The molecule has 158 valence electrons. The van der Waals surface area contributed by atoms with E-state index < -0.39 is 0 Å². The molecule has 0 radical (unpaired) electrons. The number of aliphatic hydroxyl groups is 1. The van der Waals surface area contributed by atoms with Crippen molar-refractivity contribution < 1.29 is 19.4 Å². The molecule has 2 aliphatic carbocycles. The normalized spacial score (nSPS) is 40.6. The molecule has 1 N–H and O–H groups in total. The summed E-state index contributed by atoms with van der Waals surface area (Å²) < 4.78 is 12.0. The van der Waals surface area contributed by atoms with Crippen LogP contribution in [0.15, 0.2) is 30.3 Å². The first-order valence-corrected chi connectivity index (χ1v) is 11.2. The maximum absolute atomic E-state index is 12.9. The molecule has 5 rings (SSSR count). The van der Waals surface area contributed by atoms with Gasteiger partial charge in [0.25, 0.3) is 0 Å². The molecule has 2 saturated carbocycles. The van der Waals surface area contributed by atoms with Gasteiger partial charge in [0.1, 0.15) is 6.10 Å². The molecule has 4 fully saturated rings. The summed E-state index contributed by atoms with van der Waals surface area (Å²) in [7, 11) is 0. The van der Waals surface area contributed by atoms with Crippen LogP contribution in [0, 0.1) is 23.2 Å². The summed E-state index contributed by atoms with van der Waals surface area (Å²) in [6.07, 6.45) is 5.69. The fraction of sp³-hybridized carbons (Fsp3) is 0.708. The predicted molar refractivity (Wildman–Crippen MR) is 109 cm³/mol. The van der Waals surface area contributed by atoms with E-state index in [1.165, 1.54) is 24.8 Å². The van der Waals surface area contributed by atoms with Gasteiger partial charge in [-0.3, -0.25) is 9.69 Å². The predicted octanol–water partition coefficient (Wildman–Crippen LogP) is 3.01. The Bertz CT molecular complexity index is 749. The molecule has 0 amide bonds. The molecule has 5 nitrogen and oxygen atoms in total. The molecule has 6 atom stereocenters. The zero-order valence-electron chi connectivity index (χ0n) is 17.4. The first-order chi connectivity index (χ1) is 14.0. The van der Waals surface area contributed by atoms with Crippen molar-refractivity contribution in [3.05, 3.63) is 35.9 Å². The van der Waals surface area contributed by atoms with Gasteiger partial charge in [-0.15, -0.1) is 0 Å². The van der Waals surface area contributed by atoms with Crippen LogP contribution in [0.5, 0.6) is 0 Å². The van der Waals surface area contributed by atoms with Crippen LogP contribution in [-0.2, 0) is 20.8 Å². The highest BCUT2D eigenvalue weighted by Gasteiger charge is 2.65. The highest BCUT2D eigenvalue weighted by Crippen LogP contribution is 2.62. The minimum Gasteiger partial charge on any atom is -0.462 e. The molecule has 5 heteroatoms. The van der Waals surface area contributed by atoms with Crippen molar-refractivity contribution >= 4 is 5.97 Å². The third kappa shape index (κ3) is 3.51. The largest absolute Gasteiger partial charge is 0.462 e. The van der Waals surface area contributed by atoms with Crippen molar-refractivity contribution in [2.45, 2.75) is 57.3 Å². The zero-order valence-corrected chi connectivity index (χ0v) is 17.4. The maximum Gasteiger partial charge on any atom is 0.310 e. The van der Waals surface area contributed by atoms with Gasteiger partial charge in [0.05, 0.1) is 24.7 Å². The minimum absolute atomic E-state index is 0.0380. The smallest absolute Gasteiger partial charge is 0.310 e. The molecule has 29 heavy (non-hydrogen) atoms. The van der Waals surface area contributed by atoms with Gasteiger partial charge in [0.15, 0.2) is 0 Å². The number of fused-ring (bicyclic) bond motifs is 3. The van der Waals surface area contributed by atoms with E-state index in [0.717, 1.165) is 26.0 Å². The Morgan fingerprint density at radius 2 is 2.03 bits per heavy atom. The second kappa shape index (κ2) is 7.36. The molecular weight excluding hydrogens is 366 g/mol. The van der Waals surface area contributed by atoms with Crippen LogP contribution in [0.2, 0.25) is 0 Å². The van der Waals surface area contributed by atoms with Crippen molar-refractivity contribution in [3.8, 4) is 0 Å². The van der Waals surface area contributed by atoms with Crippen LogP contribution < -0.4 is 0 Å². The summed E-state index contributed by atoms with van der Waals surface area (Å²) in [5, 5.41) is 9.58. The Kier molecular flexibility index (Phi) is 4.96. The lowest BCUT2D eigenvalue weighted by atomic mass is 9.53. The average molecular weight is 400 g/mol. The van der Waals surface area contributed by atoms with Crippen LogP contribution in [0.25, 0.3) is 0 Å². The van der Waals surface area contributed by atoms with Crippen LogP contribution >= 0.6 is 0 Å². The molecule has 2 heterocycles. The van der Waals surface area contributed by atoms with Gasteiger partial charge in [-0.05, 0) is 49.0 Å². The average Bonchev–Trinajstić information content (AvgIpc) is 3.40. The quantitative estimate of drug-likeness (QED) is 0.589. The Hall–Kier alpha value is -1.43. The number of aliphatic hydroxyl groups excluding tert-OH is 1. The molecule has 1 aromatic carbocycles. The fourth-order valence-electron chi connectivity index (χ4n) is 6.66. The third-order valence-electron chi connectivity index (χ3n) is 8.20. The lowest BCUT2D eigenvalue weighted by molar-refractivity contribution is -0.147. The van der Waals surface area contributed by atoms with E-state index >= 15 is 0 Å². The third-order valence-corrected chi connectivity index (χ3v) is 8.20. The number of epoxide rings is 1. The van der Waals surface area contributed by atoms with E-state index in [1.807, 2.05) is 18.2 Å². The summed E-state index contributed by atoms with van der Waals surface area (Å²) >= 11 is 0. The summed E-state index contributed by atoms with van der Waals surface area (Å²) in [5.74, 6) is 0.681. The number of ether oxygens (including phenoxy) is 2. The lowest BCUT2D eigenvalue weighted by Gasteiger charge is -2.51. The van der Waals surface area contributed by atoms with Crippen molar-refractivity contribution in [2.24, 2.45) is 23.2 Å². The molecule has 0 aromatic heterocycles. The minimum atomic E-state index is -0.0995. The molecule has 2 saturated heterocycles. The van der Waals surface area contributed by atoms with E-state index in [1.54, 1.807) is 0 Å². The first-order valence-electron chi connectivity index (χ1n) is 11.2. The van der Waals surface area contributed by atoms with Crippen LogP contribution in [0.4, 0.5) is 0 Å². The molecular formula is C24H33NO4. The number of carbonyl (C=O) groups excluding carboxylic acids is 1. The first kappa shape index (κ1) is 19.5. The monoisotopic (exact) mass is 399 g/mol. The summed E-state index contributed by atoms with van der Waals surface area (Å²) in [4.78, 5) is 15.1. The number of esters is 1. The molecule has 0 bridgehead atoms. The highest BCUT2D eigenvalue weighted by atomic mass is 16.6. The number of rotatable bonds is 6. The second-order valence-corrected chi connectivity index (χ2v) is 10.0. The van der Waals surface area contributed by atoms with Crippen LogP contribution in [0.1, 0.15) is 44.6 Å². The molecule has 3 unspecified atom stereocenters. The van der Waals surface area contributed by atoms with Crippen molar-refractivity contribution in [1.82, 2.24) is 4.90 Å². The number of hydrogen-bond acceptors (Lipinski definition) is 5. The second-order valence-electron chi connectivity index (χ2n) is 10.0. The Morgan fingerprint density at radius 3 is 2.76 bits per heavy atom. The molecule has 4 aliphatic rings. The van der Waals surface area contributed by atoms with Crippen LogP contribution in [-0.4, -0.2) is 54.0 Å². The molecule has 1 aromatic rings. The Morgan fingerprint density at radius 1 is 1.24 bits per heavy atom. The van der Waals surface area contributed by atoms with Gasteiger partial charge < -0.3 is 14.6 Å². The van der Waals surface area contributed by atoms with Crippen molar-refractivity contribution in [3.63, 3.8) is 0 Å². The number of hydrogen-bond donors (Lipinski definition) is 1. The van der Waals surface area contributed by atoms with Gasteiger partial charge in [-0.2, -0.15) is 0 Å². The van der Waals surface area contributed by atoms with Gasteiger partial charge in [-0.25, -0.2) is 0 Å². The molecule has 1 spiro atoms. The van der Waals surface area contributed by atoms with Gasteiger partial charge >= 0.3 is 5.97 Å². The maximum atomic E-state index is 12.9. The summed E-state index contributed by atoms with van der Waals surface area (Å²) in [6.45, 7) is 5.37. The number of nitrogens with zero attached hydrogens (tertiary/aromatic N) is 1. The lowest BCUT2D eigenvalue weighted by Crippen LogP contribution is -2.51. The summed E-state index contributed by atoms with van der Waals surface area (Å²) in [6, 6.07) is 10.3. The van der Waals surface area contributed by atoms with Gasteiger partial charge in [-0.1, -0.05) is 37.3 Å².